The van der Waals surface area contributed by atoms with Gasteiger partial charge >= 0.3 is 5.97 Å². The third kappa shape index (κ3) is 3.87. The van der Waals surface area contributed by atoms with Crippen molar-refractivity contribution in [3.05, 3.63) is 35.9 Å². The molecule has 0 radical (unpaired) electrons. The molecule has 120 valence electrons. The highest BCUT2D eigenvalue weighted by atomic mass is 16.4. The largest absolute Gasteiger partial charge is 0.481 e. The predicted octanol–water partition coefficient (Wildman–Crippen LogP) is 2.97. The lowest BCUT2D eigenvalue weighted by Gasteiger charge is -2.39. The van der Waals surface area contributed by atoms with Gasteiger partial charge in [-0.1, -0.05) is 44.2 Å². The second kappa shape index (κ2) is 6.95. The lowest BCUT2D eigenvalue weighted by Crippen LogP contribution is -2.47. The van der Waals surface area contributed by atoms with Gasteiger partial charge in [-0.3, -0.25) is 9.59 Å². The van der Waals surface area contributed by atoms with E-state index in [1.807, 2.05) is 49.1 Å². The fourth-order valence-electron chi connectivity index (χ4n) is 3.12. The van der Waals surface area contributed by atoms with E-state index in [0.717, 1.165) is 5.56 Å². The Hall–Kier alpha value is -1.84. The summed E-state index contributed by atoms with van der Waals surface area (Å²) >= 11 is 0. The van der Waals surface area contributed by atoms with E-state index in [4.69, 9.17) is 0 Å². The first-order valence-corrected chi connectivity index (χ1v) is 7.98. The second-order valence-corrected chi connectivity index (χ2v) is 6.73. The number of aliphatic carboxylic acids is 1. The molecule has 4 nitrogen and oxygen atoms in total. The average Bonchev–Trinajstić information content (AvgIpc) is 2.48. The van der Waals surface area contributed by atoms with Crippen molar-refractivity contribution in [1.29, 1.82) is 0 Å². The fourth-order valence-corrected chi connectivity index (χ4v) is 3.12. The topological polar surface area (TPSA) is 57.6 Å². The number of amides is 1. The van der Waals surface area contributed by atoms with Gasteiger partial charge in [0.05, 0.1) is 5.41 Å². The Morgan fingerprint density at radius 1 is 1.18 bits per heavy atom. The zero-order valence-corrected chi connectivity index (χ0v) is 13.4. The van der Waals surface area contributed by atoms with Crippen molar-refractivity contribution in [2.24, 2.45) is 11.3 Å². The van der Waals surface area contributed by atoms with Crippen LogP contribution in [0.1, 0.15) is 38.7 Å². The van der Waals surface area contributed by atoms with E-state index in [1.165, 1.54) is 0 Å². The van der Waals surface area contributed by atoms with Gasteiger partial charge in [-0.2, -0.15) is 0 Å². The molecule has 0 saturated carbocycles. The summed E-state index contributed by atoms with van der Waals surface area (Å²) in [6.07, 6.45) is 2.14. The molecule has 22 heavy (non-hydrogen) atoms. The van der Waals surface area contributed by atoms with E-state index >= 15 is 0 Å². The molecule has 1 aromatic rings. The van der Waals surface area contributed by atoms with Crippen LogP contribution >= 0.6 is 0 Å². The molecule has 1 aliphatic rings. The number of carboxylic acid groups (broad SMARTS) is 1. The van der Waals surface area contributed by atoms with Gasteiger partial charge in [0, 0.05) is 19.5 Å². The van der Waals surface area contributed by atoms with Crippen LogP contribution in [-0.2, 0) is 16.0 Å². The number of hydrogen-bond acceptors (Lipinski definition) is 2. The summed E-state index contributed by atoms with van der Waals surface area (Å²) in [7, 11) is 0. The van der Waals surface area contributed by atoms with Crippen molar-refractivity contribution in [1.82, 2.24) is 4.90 Å². The van der Waals surface area contributed by atoms with E-state index in [1.54, 1.807) is 0 Å². The predicted molar refractivity (Wildman–Crippen MR) is 85.5 cm³/mol. The fraction of sp³-hybridized carbons (Fsp3) is 0.556. The Kier molecular flexibility index (Phi) is 5.22. The van der Waals surface area contributed by atoms with Crippen molar-refractivity contribution in [2.45, 2.75) is 39.5 Å². The lowest BCUT2D eigenvalue weighted by atomic mass is 9.73. The van der Waals surface area contributed by atoms with Crippen LogP contribution in [0.4, 0.5) is 0 Å². The maximum atomic E-state index is 12.1. The Balaban J connectivity index is 2.03. The van der Waals surface area contributed by atoms with Gasteiger partial charge in [0.25, 0.3) is 0 Å². The van der Waals surface area contributed by atoms with Crippen molar-refractivity contribution in [3.63, 3.8) is 0 Å². The Morgan fingerprint density at radius 2 is 1.77 bits per heavy atom. The summed E-state index contributed by atoms with van der Waals surface area (Å²) < 4.78 is 0. The number of likely N-dealkylation sites (tertiary alicyclic amines) is 1. The highest BCUT2D eigenvalue weighted by Crippen LogP contribution is 2.36. The van der Waals surface area contributed by atoms with E-state index in [0.29, 0.717) is 44.7 Å². The number of hydrogen-bond donors (Lipinski definition) is 1. The molecule has 1 heterocycles. The molecule has 1 N–H and O–H groups in total. The summed E-state index contributed by atoms with van der Waals surface area (Å²) in [5.74, 6) is -0.260. The Labute approximate surface area is 132 Å². The number of carboxylic acids is 1. The minimum Gasteiger partial charge on any atom is -0.481 e. The summed E-state index contributed by atoms with van der Waals surface area (Å²) in [4.78, 5) is 25.8. The summed E-state index contributed by atoms with van der Waals surface area (Å²) in [6.45, 7) is 5.15. The lowest BCUT2D eigenvalue weighted by molar-refractivity contribution is -0.154. The smallest absolute Gasteiger partial charge is 0.310 e. The van der Waals surface area contributed by atoms with Crippen LogP contribution in [0.3, 0.4) is 0 Å². The monoisotopic (exact) mass is 303 g/mol. The third-order valence-corrected chi connectivity index (χ3v) is 4.50. The maximum Gasteiger partial charge on any atom is 0.310 e. The quantitative estimate of drug-likeness (QED) is 0.910. The first-order chi connectivity index (χ1) is 10.4. The molecule has 1 aromatic carbocycles. The number of nitrogens with zero attached hydrogens (tertiary/aromatic N) is 1. The van der Waals surface area contributed by atoms with E-state index in [9.17, 15) is 14.7 Å². The Bertz CT molecular complexity index is 516. The van der Waals surface area contributed by atoms with Crippen LogP contribution in [0.5, 0.6) is 0 Å². The molecule has 1 saturated heterocycles. The van der Waals surface area contributed by atoms with Crippen LogP contribution < -0.4 is 0 Å². The normalized spacial score (nSPS) is 17.5. The van der Waals surface area contributed by atoms with Crippen LogP contribution in [0.2, 0.25) is 0 Å². The molecule has 1 amide bonds. The van der Waals surface area contributed by atoms with Gasteiger partial charge in [-0.05, 0) is 30.7 Å². The Morgan fingerprint density at radius 3 is 2.27 bits per heavy atom. The summed E-state index contributed by atoms with van der Waals surface area (Å²) in [5.41, 5.74) is 0.308. The van der Waals surface area contributed by atoms with Crippen molar-refractivity contribution < 1.29 is 14.7 Å². The minimum atomic E-state index is -0.743. The summed E-state index contributed by atoms with van der Waals surface area (Å²) in [6, 6.07) is 9.75. The van der Waals surface area contributed by atoms with Crippen molar-refractivity contribution in [2.75, 3.05) is 13.1 Å². The molecule has 4 heteroatoms. The van der Waals surface area contributed by atoms with E-state index in [2.05, 4.69) is 0 Å². The van der Waals surface area contributed by atoms with Gasteiger partial charge in [0.2, 0.25) is 5.91 Å². The van der Waals surface area contributed by atoms with Crippen LogP contribution in [0.25, 0.3) is 0 Å². The van der Waals surface area contributed by atoms with Gasteiger partial charge in [-0.25, -0.2) is 0 Å². The van der Waals surface area contributed by atoms with Crippen LogP contribution in [-0.4, -0.2) is 35.0 Å². The first kappa shape index (κ1) is 16.5. The number of carbonyl (C=O) groups is 2. The highest BCUT2D eigenvalue weighted by molar-refractivity contribution is 5.78. The molecule has 0 bridgehead atoms. The second-order valence-electron chi connectivity index (χ2n) is 6.73. The molecule has 0 atom stereocenters. The SMILES string of the molecule is CC(C)CC(=O)N1CCC(Cc2ccccc2)(C(=O)O)CC1. The average molecular weight is 303 g/mol. The number of carbonyl (C=O) groups excluding carboxylic acids is 1. The standard InChI is InChI=1S/C18H25NO3/c1-14(2)12-16(20)19-10-8-18(9-11-19,17(21)22)13-15-6-4-3-5-7-15/h3-7,14H,8-13H2,1-2H3,(H,21,22). The third-order valence-electron chi connectivity index (χ3n) is 4.50. The summed E-state index contributed by atoms with van der Waals surface area (Å²) in [5, 5.41) is 9.72. The molecule has 0 aromatic heterocycles. The minimum absolute atomic E-state index is 0.147. The van der Waals surface area contributed by atoms with E-state index < -0.39 is 11.4 Å². The molecule has 2 rings (SSSR count). The van der Waals surface area contributed by atoms with Crippen LogP contribution in [0.15, 0.2) is 30.3 Å². The zero-order chi connectivity index (χ0) is 16.2. The molecule has 1 aliphatic heterocycles. The molecule has 0 unspecified atom stereocenters. The van der Waals surface area contributed by atoms with Crippen LogP contribution in [0, 0.1) is 11.3 Å². The zero-order valence-electron chi connectivity index (χ0n) is 13.4. The molecule has 0 aliphatic carbocycles. The maximum absolute atomic E-state index is 12.1. The number of piperidine rings is 1. The van der Waals surface area contributed by atoms with Gasteiger partial charge in [0.15, 0.2) is 0 Å². The molecule has 0 spiro atoms. The number of rotatable bonds is 5. The first-order valence-electron chi connectivity index (χ1n) is 7.98. The number of benzene rings is 1. The molecule has 1 fully saturated rings. The van der Waals surface area contributed by atoms with Gasteiger partial charge in [-0.15, -0.1) is 0 Å². The van der Waals surface area contributed by atoms with Gasteiger partial charge < -0.3 is 10.0 Å². The van der Waals surface area contributed by atoms with Crippen molar-refractivity contribution >= 4 is 11.9 Å². The van der Waals surface area contributed by atoms with E-state index in [-0.39, 0.29) is 5.91 Å². The highest BCUT2D eigenvalue weighted by Gasteiger charge is 2.42. The van der Waals surface area contributed by atoms with Gasteiger partial charge in [0.1, 0.15) is 0 Å². The molecular weight excluding hydrogens is 278 g/mol. The molecular formula is C18H25NO3. The van der Waals surface area contributed by atoms with Crippen molar-refractivity contribution in [3.8, 4) is 0 Å².